The molecule has 3 rings (SSSR count). The normalized spacial score (nSPS) is 11.4. The number of benzene rings is 3. The van der Waals surface area contributed by atoms with Crippen molar-refractivity contribution in [2.24, 2.45) is 0 Å². The van der Waals surface area contributed by atoms with E-state index >= 15 is 0 Å². The van der Waals surface area contributed by atoms with E-state index in [1.165, 1.54) is 0 Å². The maximum absolute atomic E-state index is 13.0. The fourth-order valence-corrected chi connectivity index (χ4v) is 2.95. The van der Waals surface area contributed by atoms with Gasteiger partial charge in [0.2, 0.25) is 6.10 Å². The van der Waals surface area contributed by atoms with E-state index in [0.29, 0.717) is 22.6 Å². The molecule has 1 atom stereocenters. The summed E-state index contributed by atoms with van der Waals surface area (Å²) in [7, 11) is 1.56. The zero-order chi connectivity index (χ0) is 20.8. The quantitative estimate of drug-likeness (QED) is 0.612. The first-order valence-corrected chi connectivity index (χ1v) is 9.26. The summed E-state index contributed by atoms with van der Waals surface area (Å²) in [6.07, 6.45) is -1.09. The van der Waals surface area contributed by atoms with Gasteiger partial charge >= 0.3 is 5.97 Å². The Morgan fingerprint density at radius 3 is 2.34 bits per heavy atom. The van der Waals surface area contributed by atoms with Gasteiger partial charge in [-0.3, -0.25) is 4.79 Å². The van der Waals surface area contributed by atoms with Crippen molar-refractivity contribution < 1.29 is 19.1 Å². The lowest BCUT2D eigenvalue weighted by atomic mass is 10.0. The summed E-state index contributed by atoms with van der Waals surface area (Å²) in [5.74, 6) is -0.365. The molecule has 1 amide bonds. The van der Waals surface area contributed by atoms with Gasteiger partial charge in [0.1, 0.15) is 5.75 Å². The van der Waals surface area contributed by atoms with Crippen LogP contribution in [0.2, 0.25) is 0 Å². The summed E-state index contributed by atoms with van der Waals surface area (Å²) < 4.78 is 10.9. The third-order valence-electron chi connectivity index (χ3n) is 4.73. The Morgan fingerprint density at radius 1 is 0.897 bits per heavy atom. The molecular weight excluding hydrogens is 366 g/mol. The first-order chi connectivity index (χ1) is 14.0. The molecule has 1 N–H and O–H groups in total. The zero-order valence-electron chi connectivity index (χ0n) is 16.6. The van der Waals surface area contributed by atoms with E-state index in [9.17, 15) is 9.59 Å². The number of esters is 1. The number of methoxy groups -OCH3 is 1. The molecule has 0 aromatic heterocycles. The molecule has 3 aromatic rings. The summed E-state index contributed by atoms with van der Waals surface area (Å²) in [5, 5.41) is 2.80. The lowest BCUT2D eigenvalue weighted by molar-refractivity contribution is -0.125. The van der Waals surface area contributed by atoms with E-state index in [1.54, 1.807) is 67.8 Å². The number of carbonyl (C=O) groups excluding carboxylic acids is 2. The fourth-order valence-electron chi connectivity index (χ4n) is 2.95. The van der Waals surface area contributed by atoms with Crippen molar-refractivity contribution >= 4 is 17.6 Å². The number of ether oxygens (including phenoxy) is 2. The smallest absolute Gasteiger partial charge is 0.339 e. The van der Waals surface area contributed by atoms with Gasteiger partial charge in [0.05, 0.1) is 12.7 Å². The number of amides is 1. The summed E-state index contributed by atoms with van der Waals surface area (Å²) in [5.41, 5.74) is 3.40. The first-order valence-electron chi connectivity index (χ1n) is 9.26. The molecule has 0 bridgehead atoms. The van der Waals surface area contributed by atoms with E-state index in [2.05, 4.69) is 5.32 Å². The van der Waals surface area contributed by atoms with Crippen LogP contribution in [0.4, 0.5) is 5.69 Å². The van der Waals surface area contributed by atoms with Crippen LogP contribution >= 0.6 is 0 Å². The molecule has 0 aliphatic rings. The number of hydrogen-bond acceptors (Lipinski definition) is 4. The van der Waals surface area contributed by atoms with E-state index in [-0.39, 0.29) is 0 Å². The van der Waals surface area contributed by atoms with Crippen molar-refractivity contribution in [3.63, 3.8) is 0 Å². The standard InChI is InChI=1S/C24H23NO4/c1-16-9-7-14-21(17(16)2)24(27)29-22(18-10-5-4-6-11-18)23(26)25-19-12-8-13-20(15-19)28-3/h4-15,22H,1-3H3,(H,25,26)/t22-/m1/s1. The van der Waals surface area contributed by atoms with Gasteiger partial charge in [0.15, 0.2) is 0 Å². The molecule has 148 valence electrons. The van der Waals surface area contributed by atoms with Gasteiger partial charge in [-0.25, -0.2) is 4.79 Å². The summed E-state index contributed by atoms with van der Waals surface area (Å²) in [4.78, 5) is 25.8. The predicted molar refractivity (Wildman–Crippen MR) is 112 cm³/mol. The number of carbonyl (C=O) groups is 2. The Labute approximate surface area is 170 Å². The van der Waals surface area contributed by atoms with E-state index < -0.39 is 18.0 Å². The molecule has 5 nitrogen and oxygen atoms in total. The molecule has 5 heteroatoms. The van der Waals surface area contributed by atoms with Crippen LogP contribution in [0.5, 0.6) is 5.75 Å². The molecule has 0 unspecified atom stereocenters. The second-order valence-electron chi connectivity index (χ2n) is 6.66. The summed E-state index contributed by atoms with van der Waals surface area (Å²) in [6, 6.07) is 21.4. The van der Waals surface area contributed by atoms with E-state index in [1.807, 2.05) is 26.0 Å². The van der Waals surface area contributed by atoms with Crippen molar-refractivity contribution in [3.05, 3.63) is 95.1 Å². The Kier molecular flexibility index (Phi) is 6.29. The van der Waals surface area contributed by atoms with Crippen molar-refractivity contribution in [1.29, 1.82) is 0 Å². The lowest BCUT2D eigenvalue weighted by Crippen LogP contribution is -2.26. The van der Waals surface area contributed by atoms with Crippen LogP contribution in [-0.4, -0.2) is 19.0 Å². The fraction of sp³-hybridized carbons (Fsp3) is 0.167. The minimum atomic E-state index is -1.09. The summed E-state index contributed by atoms with van der Waals surface area (Å²) in [6.45, 7) is 3.79. The average molecular weight is 389 g/mol. The third kappa shape index (κ3) is 4.82. The lowest BCUT2D eigenvalue weighted by Gasteiger charge is -2.19. The third-order valence-corrected chi connectivity index (χ3v) is 4.73. The number of anilines is 1. The molecule has 3 aromatic carbocycles. The van der Waals surface area contributed by atoms with Gasteiger partial charge in [0, 0.05) is 17.3 Å². The number of aryl methyl sites for hydroxylation is 1. The molecule has 0 saturated heterocycles. The van der Waals surface area contributed by atoms with Crippen molar-refractivity contribution in [3.8, 4) is 5.75 Å². The Hall–Kier alpha value is -3.60. The van der Waals surface area contributed by atoms with Crippen LogP contribution in [-0.2, 0) is 9.53 Å². The highest BCUT2D eigenvalue weighted by molar-refractivity contribution is 5.98. The molecule has 0 fully saturated rings. The van der Waals surface area contributed by atoms with Gasteiger partial charge in [-0.05, 0) is 43.2 Å². The van der Waals surface area contributed by atoms with Gasteiger partial charge in [-0.2, -0.15) is 0 Å². The highest BCUT2D eigenvalue weighted by Crippen LogP contribution is 2.24. The van der Waals surface area contributed by atoms with Crippen molar-refractivity contribution in [2.75, 3.05) is 12.4 Å². The maximum atomic E-state index is 13.0. The van der Waals surface area contributed by atoms with E-state index in [4.69, 9.17) is 9.47 Å². The van der Waals surface area contributed by atoms with Gasteiger partial charge in [0.25, 0.3) is 5.91 Å². The second kappa shape index (κ2) is 9.06. The van der Waals surface area contributed by atoms with Gasteiger partial charge in [-0.15, -0.1) is 0 Å². The highest BCUT2D eigenvalue weighted by atomic mass is 16.5. The summed E-state index contributed by atoms with van der Waals surface area (Å²) >= 11 is 0. The van der Waals surface area contributed by atoms with Crippen LogP contribution in [0.25, 0.3) is 0 Å². The van der Waals surface area contributed by atoms with Gasteiger partial charge in [-0.1, -0.05) is 48.5 Å². The van der Waals surface area contributed by atoms with Crippen LogP contribution in [0, 0.1) is 13.8 Å². The topological polar surface area (TPSA) is 64.6 Å². The molecule has 0 aliphatic heterocycles. The SMILES string of the molecule is COc1cccc(NC(=O)[C@H](OC(=O)c2cccc(C)c2C)c2ccccc2)c1. The minimum Gasteiger partial charge on any atom is -0.497 e. The van der Waals surface area contributed by atoms with Crippen LogP contribution in [0.3, 0.4) is 0 Å². The van der Waals surface area contributed by atoms with Gasteiger partial charge < -0.3 is 14.8 Å². The zero-order valence-corrected chi connectivity index (χ0v) is 16.6. The second-order valence-corrected chi connectivity index (χ2v) is 6.66. The molecule has 0 aliphatic carbocycles. The Balaban J connectivity index is 1.87. The van der Waals surface area contributed by atoms with Crippen LogP contribution < -0.4 is 10.1 Å². The highest BCUT2D eigenvalue weighted by Gasteiger charge is 2.26. The average Bonchev–Trinajstić information content (AvgIpc) is 2.74. The van der Waals surface area contributed by atoms with E-state index in [0.717, 1.165) is 11.1 Å². The Bertz CT molecular complexity index is 1010. The molecule has 0 radical (unpaired) electrons. The largest absolute Gasteiger partial charge is 0.497 e. The van der Waals surface area contributed by atoms with Crippen molar-refractivity contribution in [1.82, 2.24) is 0 Å². The molecular formula is C24H23NO4. The van der Waals surface area contributed by atoms with Crippen molar-refractivity contribution in [2.45, 2.75) is 20.0 Å². The Morgan fingerprint density at radius 2 is 1.62 bits per heavy atom. The maximum Gasteiger partial charge on any atom is 0.339 e. The molecule has 0 saturated carbocycles. The molecule has 0 spiro atoms. The van der Waals surface area contributed by atoms with Crippen LogP contribution in [0.15, 0.2) is 72.8 Å². The number of rotatable bonds is 6. The van der Waals surface area contributed by atoms with Crippen LogP contribution in [0.1, 0.15) is 33.2 Å². The monoisotopic (exact) mass is 389 g/mol. The molecule has 0 heterocycles. The number of hydrogen-bond donors (Lipinski definition) is 1. The predicted octanol–water partition coefficient (Wildman–Crippen LogP) is 4.85. The molecule has 29 heavy (non-hydrogen) atoms. The first kappa shape index (κ1) is 20.1. The minimum absolute atomic E-state index is 0.442. The number of nitrogens with one attached hydrogen (secondary N) is 1.